The first kappa shape index (κ1) is 19.9. The van der Waals surface area contributed by atoms with Gasteiger partial charge in [0.05, 0.1) is 0 Å². The van der Waals surface area contributed by atoms with Crippen molar-refractivity contribution in [3.05, 3.63) is 17.6 Å². The van der Waals surface area contributed by atoms with Gasteiger partial charge in [-0.25, -0.2) is 12.7 Å². The summed E-state index contributed by atoms with van der Waals surface area (Å²) in [5.41, 5.74) is 5.20. The van der Waals surface area contributed by atoms with Gasteiger partial charge in [0.2, 0.25) is 10.0 Å². The first-order chi connectivity index (χ1) is 8.95. The van der Waals surface area contributed by atoms with E-state index in [4.69, 9.17) is 10.2 Å². The lowest BCUT2D eigenvalue weighted by Gasteiger charge is -2.18. The Bertz CT molecular complexity index is 603. The molecule has 0 spiro atoms. The lowest BCUT2D eigenvalue weighted by atomic mass is 10.1. The lowest BCUT2D eigenvalue weighted by molar-refractivity contribution is 0.0917. The number of rotatable bonds is 5. The molecule has 1 aromatic rings. The van der Waals surface area contributed by atoms with E-state index in [0.29, 0.717) is 0 Å². The number of aryl methyl sites for hydroxylation is 1. The zero-order chi connectivity index (χ0) is 15.7. The molecule has 0 radical (unpaired) electrons. The molecule has 0 saturated carbocycles. The van der Waals surface area contributed by atoms with Gasteiger partial charge in [-0.3, -0.25) is 4.79 Å². The molecule has 122 valence electrons. The van der Waals surface area contributed by atoms with Crippen molar-refractivity contribution in [3.63, 3.8) is 0 Å². The molecule has 0 aliphatic heterocycles. The topological polar surface area (TPSA) is 106 Å². The van der Waals surface area contributed by atoms with Crippen molar-refractivity contribution in [2.24, 2.45) is 5.73 Å². The minimum Gasteiger partial charge on any atom is -0.455 e. The van der Waals surface area contributed by atoms with Gasteiger partial charge in [0.15, 0.2) is 5.76 Å². The number of amides is 1. The van der Waals surface area contributed by atoms with Crippen LogP contribution < -0.4 is 11.1 Å². The first-order valence-corrected chi connectivity index (χ1v) is 7.49. The van der Waals surface area contributed by atoms with Crippen LogP contribution >= 0.6 is 12.4 Å². The van der Waals surface area contributed by atoms with E-state index < -0.39 is 21.5 Å². The molecular formula is C12H22ClN3O4S. The summed E-state index contributed by atoms with van der Waals surface area (Å²) in [5.74, 6) is -0.366. The van der Waals surface area contributed by atoms with Gasteiger partial charge in [-0.1, -0.05) is 0 Å². The Balaban J connectivity index is 0.00000400. The zero-order valence-corrected chi connectivity index (χ0v) is 14.4. The number of hydrogen-bond acceptors (Lipinski definition) is 5. The van der Waals surface area contributed by atoms with Gasteiger partial charge >= 0.3 is 0 Å². The highest BCUT2D eigenvalue weighted by Gasteiger charge is 2.26. The largest absolute Gasteiger partial charge is 0.455 e. The molecule has 3 N–H and O–H groups in total. The first-order valence-electron chi connectivity index (χ1n) is 6.05. The summed E-state index contributed by atoms with van der Waals surface area (Å²) in [5, 5.41) is 2.59. The quantitative estimate of drug-likeness (QED) is 0.822. The van der Waals surface area contributed by atoms with E-state index in [1.54, 1.807) is 13.8 Å². The second-order valence-corrected chi connectivity index (χ2v) is 7.61. The smallest absolute Gasteiger partial charge is 0.287 e. The van der Waals surface area contributed by atoms with E-state index in [1.807, 2.05) is 0 Å². The third kappa shape index (κ3) is 4.99. The molecular weight excluding hydrogens is 318 g/mol. The summed E-state index contributed by atoms with van der Waals surface area (Å²) in [6, 6.07) is 1.23. The molecule has 0 bridgehead atoms. The molecule has 0 atom stereocenters. The van der Waals surface area contributed by atoms with Crippen LogP contribution in [0.15, 0.2) is 15.4 Å². The van der Waals surface area contributed by atoms with Crippen LogP contribution in [0.2, 0.25) is 0 Å². The summed E-state index contributed by atoms with van der Waals surface area (Å²) in [4.78, 5) is 11.9. The molecule has 0 saturated heterocycles. The predicted octanol–water partition coefficient (Wildman–Crippen LogP) is 0.727. The number of furan rings is 1. The number of nitrogens with two attached hydrogens (primary N) is 1. The van der Waals surface area contributed by atoms with Gasteiger partial charge in [-0.05, 0) is 20.8 Å². The Labute approximate surface area is 131 Å². The molecule has 0 unspecified atom stereocenters. The van der Waals surface area contributed by atoms with E-state index in [2.05, 4.69) is 5.32 Å². The van der Waals surface area contributed by atoms with Crippen molar-refractivity contribution in [2.75, 3.05) is 20.6 Å². The second-order valence-electron chi connectivity index (χ2n) is 5.49. The van der Waals surface area contributed by atoms with E-state index in [0.717, 1.165) is 4.31 Å². The number of carbonyl (C=O) groups excluding carboxylic acids is 1. The molecule has 9 heteroatoms. The highest BCUT2D eigenvalue weighted by atomic mass is 35.5. The van der Waals surface area contributed by atoms with Crippen LogP contribution in [0.4, 0.5) is 0 Å². The van der Waals surface area contributed by atoms with Crippen molar-refractivity contribution >= 4 is 28.3 Å². The summed E-state index contributed by atoms with van der Waals surface area (Å²) >= 11 is 0. The fourth-order valence-corrected chi connectivity index (χ4v) is 2.48. The maximum Gasteiger partial charge on any atom is 0.287 e. The maximum atomic E-state index is 12.0. The summed E-state index contributed by atoms with van der Waals surface area (Å²) < 4.78 is 30.3. The van der Waals surface area contributed by atoms with E-state index in [-0.39, 0.29) is 35.4 Å². The number of sulfonamides is 1. The van der Waals surface area contributed by atoms with Crippen molar-refractivity contribution in [1.29, 1.82) is 0 Å². The normalized spacial score (nSPS) is 12.1. The number of hydrogen-bond donors (Lipinski definition) is 2. The lowest BCUT2D eigenvalue weighted by Crippen LogP contribution is -2.45. The number of halogens is 1. The van der Waals surface area contributed by atoms with Crippen LogP contribution in [0.25, 0.3) is 0 Å². The van der Waals surface area contributed by atoms with E-state index >= 15 is 0 Å². The maximum absolute atomic E-state index is 12.0. The number of nitrogens with zero attached hydrogens (tertiary/aromatic N) is 1. The zero-order valence-electron chi connectivity index (χ0n) is 12.8. The molecule has 21 heavy (non-hydrogen) atoms. The molecule has 0 aliphatic rings. The van der Waals surface area contributed by atoms with Crippen molar-refractivity contribution in [1.82, 2.24) is 9.62 Å². The average Bonchev–Trinajstić information content (AvgIpc) is 2.67. The Morgan fingerprint density at radius 2 is 1.95 bits per heavy atom. The fourth-order valence-electron chi connectivity index (χ4n) is 1.43. The monoisotopic (exact) mass is 339 g/mol. The van der Waals surface area contributed by atoms with Gasteiger partial charge in [-0.2, -0.15) is 0 Å². The Morgan fingerprint density at radius 3 is 2.38 bits per heavy atom. The molecule has 7 nitrogen and oxygen atoms in total. The van der Waals surface area contributed by atoms with Crippen molar-refractivity contribution in [3.8, 4) is 0 Å². The highest BCUT2D eigenvalue weighted by Crippen LogP contribution is 2.22. The van der Waals surface area contributed by atoms with Crippen LogP contribution in [0.3, 0.4) is 0 Å². The van der Waals surface area contributed by atoms with Crippen LogP contribution in [0.5, 0.6) is 0 Å². The van der Waals surface area contributed by atoms with Gasteiger partial charge in [0, 0.05) is 32.2 Å². The van der Waals surface area contributed by atoms with Gasteiger partial charge < -0.3 is 15.5 Å². The summed E-state index contributed by atoms with van der Waals surface area (Å²) in [6.45, 7) is 5.28. The second kappa shape index (κ2) is 6.78. The van der Waals surface area contributed by atoms with Crippen LogP contribution in [-0.2, 0) is 10.0 Å². The summed E-state index contributed by atoms with van der Waals surface area (Å²) in [6.07, 6.45) is 0. The van der Waals surface area contributed by atoms with Crippen molar-refractivity contribution in [2.45, 2.75) is 31.2 Å². The molecule has 0 aliphatic carbocycles. The molecule has 0 fully saturated rings. The van der Waals surface area contributed by atoms with E-state index in [9.17, 15) is 13.2 Å². The third-order valence-electron chi connectivity index (χ3n) is 2.56. The standard InChI is InChI=1S/C12H21N3O4S.ClH/c1-8-10(20(17,18)15(4)5)6-9(19-8)11(16)14-7-12(2,3)13;/h6H,7,13H2,1-5H3,(H,14,16);1H. The number of nitrogens with one attached hydrogen (secondary N) is 1. The molecule has 1 rings (SSSR count). The van der Waals surface area contributed by atoms with Gasteiger partial charge in [0.25, 0.3) is 5.91 Å². The minimum absolute atomic E-state index is 0. The van der Waals surface area contributed by atoms with Crippen molar-refractivity contribution < 1.29 is 17.6 Å². The third-order valence-corrected chi connectivity index (χ3v) is 4.48. The Hall–Kier alpha value is -1.09. The number of carbonyl (C=O) groups is 1. The predicted molar refractivity (Wildman–Crippen MR) is 82.2 cm³/mol. The van der Waals surface area contributed by atoms with Gasteiger partial charge in [-0.15, -0.1) is 12.4 Å². The average molecular weight is 340 g/mol. The molecule has 1 amide bonds. The van der Waals surface area contributed by atoms with Crippen LogP contribution in [-0.4, -0.2) is 44.8 Å². The molecule has 0 aromatic carbocycles. The van der Waals surface area contributed by atoms with E-state index in [1.165, 1.54) is 27.1 Å². The minimum atomic E-state index is -3.63. The fraction of sp³-hybridized carbons (Fsp3) is 0.583. The molecule has 1 heterocycles. The Kier molecular flexibility index (Phi) is 6.43. The van der Waals surface area contributed by atoms with Crippen LogP contribution in [0.1, 0.15) is 30.2 Å². The SMILES string of the molecule is Cc1oc(C(=O)NCC(C)(C)N)cc1S(=O)(=O)N(C)C.Cl. The van der Waals surface area contributed by atoms with Crippen LogP contribution in [0, 0.1) is 6.92 Å². The highest BCUT2D eigenvalue weighted by molar-refractivity contribution is 7.89. The summed E-state index contributed by atoms with van der Waals surface area (Å²) in [7, 11) is -0.798. The Morgan fingerprint density at radius 1 is 1.43 bits per heavy atom. The molecule has 1 aromatic heterocycles. The van der Waals surface area contributed by atoms with Gasteiger partial charge in [0.1, 0.15) is 10.7 Å².